The maximum absolute atomic E-state index is 10.8. The Morgan fingerprint density at radius 1 is 0.947 bits per heavy atom. The van der Waals surface area contributed by atoms with E-state index < -0.39 is 5.72 Å². The van der Waals surface area contributed by atoms with Gasteiger partial charge in [0.1, 0.15) is 5.72 Å². The molecule has 0 radical (unpaired) electrons. The fraction of sp³-hybridized carbons (Fsp3) is 0.647. The number of aliphatic hydroxyl groups is 1. The Morgan fingerprint density at radius 2 is 1.58 bits per heavy atom. The fourth-order valence-electron chi connectivity index (χ4n) is 3.79. The topological polar surface area (TPSA) is 23.5 Å². The molecule has 0 amide bonds. The Bertz CT molecular complexity index is 389. The van der Waals surface area contributed by atoms with Crippen molar-refractivity contribution < 1.29 is 5.11 Å². The number of rotatable bonds is 2. The van der Waals surface area contributed by atoms with Crippen LogP contribution in [-0.4, -0.2) is 28.8 Å². The lowest BCUT2D eigenvalue weighted by atomic mass is 9.85. The summed E-state index contributed by atoms with van der Waals surface area (Å²) in [6.07, 6.45) is 8.00. The largest absolute Gasteiger partial charge is 0.376 e. The van der Waals surface area contributed by atoms with E-state index in [1.807, 2.05) is 0 Å². The van der Waals surface area contributed by atoms with Crippen molar-refractivity contribution in [2.45, 2.75) is 56.6 Å². The maximum atomic E-state index is 10.8. The van der Waals surface area contributed by atoms with Crippen LogP contribution in [0.1, 0.15) is 56.4 Å². The van der Waals surface area contributed by atoms with Gasteiger partial charge in [0, 0.05) is 13.1 Å². The fourth-order valence-corrected chi connectivity index (χ4v) is 3.79. The number of hydrogen-bond acceptors (Lipinski definition) is 2. The summed E-state index contributed by atoms with van der Waals surface area (Å²) in [5, 5.41) is 10.8. The maximum Gasteiger partial charge on any atom is 0.118 e. The van der Waals surface area contributed by atoms with Crippen LogP contribution in [-0.2, 0) is 0 Å². The standard InChI is InChI=1S/C17H25NO/c19-17(11-5-2-6-12-17)18-13-9-16(10-14-18)15-7-3-1-4-8-15/h1,3-4,7-8,16,19H,2,5-6,9-14H2. The van der Waals surface area contributed by atoms with Crippen LogP contribution >= 0.6 is 0 Å². The molecule has 0 spiro atoms. The highest BCUT2D eigenvalue weighted by atomic mass is 16.3. The molecular formula is C17H25NO. The van der Waals surface area contributed by atoms with Crippen molar-refractivity contribution in [2.24, 2.45) is 0 Å². The second-order valence-corrected chi connectivity index (χ2v) is 6.22. The molecular weight excluding hydrogens is 234 g/mol. The first-order chi connectivity index (χ1) is 9.28. The van der Waals surface area contributed by atoms with Crippen LogP contribution in [0.2, 0.25) is 0 Å². The quantitative estimate of drug-likeness (QED) is 0.878. The van der Waals surface area contributed by atoms with Crippen molar-refractivity contribution in [3.05, 3.63) is 35.9 Å². The summed E-state index contributed by atoms with van der Waals surface area (Å²) in [7, 11) is 0. The van der Waals surface area contributed by atoms with Crippen molar-refractivity contribution in [1.29, 1.82) is 0 Å². The van der Waals surface area contributed by atoms with E-state index in [-0.39, 0.29) is 0 Å². The lowest BCUT2D eigenvalue weighted by Crippen LogP contribution is -2.52. The smallest absolute Gasteiger partial charge is 0.118 e. The second-order valence-electron chi connectivity index (χ2n) is 6.22. The molecule has 1 aromatic rings. The lowest BCUT2D eigenvalue weighted by Gasteiger charge is -2.45. The molecule has 0 unspecified atom stereocenters. The Morgan fingerprint density at radius 3 is 2.21 bits per heavy atom. The molecule has 1 aliphatic heterocycles. The highest BCUT2D eigenvalue weighted by Gasteiger charge is 2.37. The van der Waals surface area contributed by atoms with Crippen LogP contribution in [0.5, 0.6) is 0 Å². The number of nitrogens with zero attached hydrogens (tertiary/aromatic N) is 1. The van der Waals surface area contributed by atoms with Gasteiger partial charge in [-0.1, -0.05) is 36.8 Å². The van der Waals surface area contributed by atoms with Crippen molar-refractivity contribution in [3.63, 3.8) is 0 Å². The van der Waals surface area contributed by atoms with Crippen molar-refractivity contribution in [3.8, 4) is 0 Å². The van der Waals surface area contributed by atoms with Crippen LogP contribution < -0.4 is 0 Å². The predicted octanol–water partition coefficient (Wildman–Crippen LogP) is 3.52. The minimum absolute atomic E-state index is 0.486. The third-order valence-corrected chi connectivity index (χ3v) is 5.01. The van der Waals surface area contributed by atoms with Gasteiger partial charge >= 0.3 is 0 Å². The lowest BCUT2D eigenvalue weighted by molar-refractivity contribution is -0.139. The molecule has 1 aromatic carbocycles. The van der Waals surface area contributed by atoms with Gasteiger partial charge in [0.25, 0.3) is 0 Å². The zero-order valence-corrected chi connectivity index (χ0v) is 11.7. The van der Waals surface area contributed by atoms with E-state index in [0.717, 1.165) is 25.9 Å². The van der Waals surface area contributed by atoms with Gasteiger partial charge in [0.05, 0.1) is 0 Å². The Hall–Kier alpha value is -0.860. The minimum atomic E-state index is -0.486. The zero-order chi connectivity index (χ0) is 13.1. The SMILES string of the molecule is OC1(N2CCC(c3ccccc3)CC2)CCCCC1. The van der Waals surface area contributed by atoms with Crippen LogP contribution in [0.4, 0.5) is 0 Å². The molecule has 1 aliphatic carbocycles. The van der Waals surface area contributed by atoms with Gasteiger partial charge in [0.2, 0.25) is 0 Å². The summed E-state index contributed by atoms with van der Waals surface area (Å²) >= 11 is 0. The number of benzene rings is 1. The Balaban J connectivity index is 1.60. The van der Waals surface area contributed by atoms with Crippen LogP contribution in [0.3, 0.4) is 0 Å². The molecule has 0 aromatic heterocycles. The van der Waals surface area contributed by atoms with Crippen molar-refractivity contribution >= 4 is 0 Å². The molecule has 0 bridgehead atoms. The summed E-state index contributed by atoms with van der Waals surface area (Å²) < 4.78 is 0. The van der Waals surface area contributed by atoms with Gasteiger partial charge in [-0.25, -0.2) is 0 Å². The average molecular weight is 259 g/mol. The highest BCUT2D eigenvalue weighted by Crippen LogP contribution is 2.36. The van der Waals surface area contributed by atoms with Gasteiger partial charge < -0.3 is 5.11 Å². The summed E-state index contributed by atoms with van der Waals surface area (Å²) in [4.78, 5) is 2.35. The van der Waals surface area contributed by atoms with E-state index >= 15 is 0 Å². The molecule has 2 nitrogen and oxygen atoms in total. The molecule has 1 heterocycles. The Labute approximate surface area is 116 Å². The summed E-state index contributed by atoms with van der Waals surface area (Å²) in [6.45, 7) is 2.10. The van der Waals surface area contributed by atoms with Crippen LogP contribution in [0.15, 0.2) is 30.3 Å². The van der Waals surface area contributed by atoms with E-state index in [0.29, 0.717) is 5.92 Å². The van der Waals surface area contributed by atoms with Gasteiger partial charge in [-0.05, 0) is 50.0 Å². The minimum Gasteiger partial charge on any atom is -0.376 e. The first-order valence-corrected chi connectivity index (χ1v) is 7.80. The first kappa shape index (κ1) is 13.1. The molecule has 3 rings (SSSR count). The Kier molecular flexibility index (Phi) is 3.90. The van der Waals surface area contributed by atoms with E-state index in [1.165, 1.54) is 37.7 Å². The van der Waals surface area contributed by atoms with Gasteiger partial charge in [-0.3, -0.25) is 4.90 Å². The highest BCUT2D eigenvalue weighted by molar-refractivity contribution is 5.20. The van der Waals surface area contributed by atoms with Gasteiger partial charge in [0.15, 0.2) is 0 Å². The molecule has 2 heteroatoms. The summed E-state index contributed by atoms with van der Waals surface area (Å²) in [5.74, 6) is 0.685. The molecule has 2 fully saturated rings. The van der Waals surface area contributed by atoms with E-state index in [2.05, 4.69) is 35.2 Å². The van der Waals surface area contributed by atoms with Crippen LogP contribution in [0, 0.1) is 0 Å². The monoisotopic (exact) mass is 259 g/mol. The predicted molar refractivity (Wildman–Crippen MR) is 78.0 cm³/mol. The van der Waals surface area contributed by atoms with Gasteiger partial charge in [-0.15, -0.1) is 0 Å². The molecule has 1 saturated carbocycles. The molecule has 2 aliphatic rings. The van der Waals surface area contributed by atoms with Crippen LogP contribution in [0.25, 0.3) is 0 Å². The van der Waals surface area contributed by atoms with E-state index in [1.54, 1.807) is 0 Å². The zero-order valence-electron chi connectivity index (χ0n) is 11.7. The molecule has 1 saturated heterocycles. The molecule has 19 heavy (non-hydrogen) atoms. The number of hydrogen-bond donors (Lipinski definition) is 1. The molecule has 104 valence electrons. The third kappa shape index (κ3) is 2.85. The summed E-state index contributed by atoms with van der Waals surface area (Å²) in [6, 6.07) is 10.8. The average Bonchev–Trinajstić information content (AvgIpc) is 2.49. The molecule has 1 N–H and O–H groups in total. The first-order valence-electron chi connectivity index (χ1n) is 7.80. The number of likely N-dealkylation sites (tertiary alicyclic amines) is 1. The summed E-state index contributed by atoms with van der Waals surface area (Å²) in [5.41, 5.74) is 0.984. The van der Waals surface area contributed by atoms with Gasteiger partial charge in [-0.2, -0.15) is 0 Å². The van der Waals surface area contributed by atoms with E-state index in [4.69, 9.17) is 0 Å². The number of piperidine rings is 1. The van der Waals surface area contributed by atoms with Crippen molar-refractivity contribution in [1.82, 2.24) is 4.90 Å². The van der Waals surface area contributed by atoms with Crippen molar-refractivity contribution in [2.75, 3.05) is 13.1 Å². The third-order valence-electron chi connectivity index (χ3n) is 5.01. The second kappa shape index (κ2) is 5.64. The normalized spacial score (nSPS) is 25.3. The van der Waals surface area contributed by atoms with E-state index in [9.17, 15) is 5.11 Å². The molecule has 0 atom stereocenters.